The molecule has 2 heterocycles. The summed E-state index contributed by atoms with van der Waals surface area (Å²) in [7, 11) is 0. The summed E-state index contributed by atoms with van der Waals surface area (Å²) in [5.41, 5.74) is -0.582. The predicted octanol–water partition coefficient (Wildman–Crippen LogP) is 3.78. The lowest BCUT2D eigenvalue weighted by Crippen LogP contribution is -2.42. The Hall–Kier alpha value is -1.63. The van der Waals surface area contributed by atoms with Gasteiger partial charge in [-0.15, -0.1) is 0 Å². The quantitative estimate of drug-likeness (QED) is 0.904. The first-order valence-corrected chi connectivity index (χ1v) is 7.71. The lowest BCUT2D eigenvalue weighted by Gasteiger charge is -2.22. The molecule has 0 unspecified atom stereocenters. The number of alkyl halides is 2. The highest BCUT2D eigenvalue weighted by Crippen LogP contribution is 2.30. The van der Waals surface area contributed by atoms with Crippen LogP contribution in [-0.2, 0) is 4.74 Å². The number of carbonyl (C=O) groups excluding carboxylic acids is 1. The Morgan fingerprint density at radius 2 is 2.22 bits per heavy atom. The van der Waals surface area contributed by atoms with Crippen molar-refractivity contribution in [1.29, 1.82) is 0 Å². The zero-order valence-electron chi connectivity index (χ0n) is 13.3. The van der Waals surface area contributed by atoms with Crippen LogP contribution in [0.25, 0.3) is 0 Å². The van der Waals surface area contributed by atoms with Crippen LogP contribution in [0.15, 0.2) is 12.3 Å². The second-order valence-corrected chi connectivity index (χ2v) is 6.92. The molecule has 5 nitrogen and oxygen atoms in total. The van der Waals surface area contributed by atoms with Gasteiger partial charge in [0.2, 0.25) is 0 Å². The molecule has 1 aliphatic rings. The molecule has 0 radical (unpaired) electrons. The van der Waals surface area contributed by atoms with E-state index in [2.05, 4.69) is 10.3 Å². The van der Waals surface area contributed by atoms with E-state index >= 15 is 0 Å². The minimum absolute atomic E-state index is 0.169. The van der Waals surface area contributed by atoms with Gasteiger partial charge in [0.15, 0.2) is 0 Å². The molecule has 0 bridgehead atoms. The van der Waals surface area contributed by atoms with Gasteiger partial charge in [-0.25, -0.2) is 18.6 Å². The molecule has 23 heavy (non-hydrogen) atoms. The van der Waals surface area contributed by atoms with E-state index in [1.807, 2.05) is 25.7 Å². The molecule has 1 aliphatic heterocycles. The molecule has 1 saturated heterocycles. The Labute approximate surface area is 139 Å². The number of amides is 1. The predicted molar refractivity (Wildman–Crippen MR) is 84.2 cm³/mol. The number of aromatic nitrogens is 1. The molecule has 128 valence electrons. The number of nitrogens with one attached hydrogen (secondary N) is 1. The summed E-state index contributed by atoms with van der Waals surface area (Å²) in [6.07, 6.45) is -1.62. The smallest absolute Gasteiger partial charge is 0.407 e. The number of ether oxygens (including phenoxy) is 1. The average molecular weight is 348 g/mol. The largest absolute Gasteiger partial charge is 0.444 e. The van der Waals surface area contributed by atoms with Crippen LogP contribution in [0.5, 0.6) is 0 Å². The summed E-state index contributed by atoms with van der Waals surface area (Å²) in [6.45, 7) is 6.61. The molecule has 1 fully saturated rings. The monoisotopic (exact) mass is 347 g/mol. The van der Waals surface area contributed by atoms with Crippen molar-refractivity contribution in [2.45, 2.75) is 45.3 Å². The number of hydrogen-bond donors (Lipinski definition) is 1. The van der Waals surface area contributed by atoms with E-state index < -0.39 is 12.5 Å². The molecule has 1 aromatic heterocycles. The van der Waals surface area contributed by atoms with E-state index in [1.165, 1.54) is 6.07 Å². The van der Waals surface area contributed by atoms with Gasteiger partial charge < -0.3 is 15.0 Å². The van der Waals surface area contributed by atoms with Crippen LogP contribution in [0.3, 0.4) is 0 Å². The zero-order chi connectivity index (χ0) is 17.2. The summed E-state index contributed by atoms with van der Waals surface area (Å²) in [4.78, 5) is 17.6. The van der Waals surface area contributed by atoms with Crippen molar-refractivity contribution in [2.24, 2.45) is 0 Å². The molecule has 1 amide bonds. The molecule has 0 aliphatic carbocycles. The number of rotatable bonds is 3. The Bertz CT molecular complexity index is 578. The van der Waals surface area contributed by atoms with Crippen molar-refractivity contribution in [2.75, 3.05) is 18.0 Å². The Kier molecular flexibility index (Phi) is 5.29. The number of halogens is 3. The van der Waals surface area contributed by atoms with Crippen LogP contribution in [0.4, 0.5) is 19.4 Å². The fourth-order valence-electron chi connectivity index (χ4n) is 2.30. The highest BCUT2D eigenvalue weighted by Gasteiger charge is 2.29. The third-order valence-electron chi connectivity index (χ3n) is 3.29. The fraction of sp³-hybridized carbons (Fsp3) is 0.600. The zero-order valence-corrected chi connectivity index (χ0v) is 14.0. The maximum absolute atomic E-state index is 12.6. The normalized spacial score (nSPS) is 18.4. The molecule has 1 atom stereocenters. The van der Waals surface area contributed by atoms with Gasteiger partial charge in [-0.1, -0.05) is 11.6 Å². The molecule has 0 spiro atoms. The Morgan fingerprint density at radius 1 is 1.52 bits per heavy atom. The van der Waals surface area contributed by atoms with Crippen LogP contribution in [-0.4, -0.2) is 35.8 Å². The molecule has 0 saturated carbocycles. The van der Waals surface area contributed by atoms with Gasteiger partial charge in [0.1, 0.15) is 11.9 Å². The Morgan fingerprint density at radius 3 is 2.78 bits per heavy atom. The van der Waals surface area contributed by atoms with Gasteiger partial charge in [0, 0.05) is 30.3 Å². The van der Waals surface area contributed by atoms with E-state index in [-0.39, 0.29) is 22.2 Å². The lowest BCUT2D eigenvalue weighted by molar-refractivity contribution is 0.101. The van der Waals surface area contributed by atoms with Crippen molar-refractivity contribution < 1.29 is 18.3 Å². The number of carbonyl (C=O) groups is 1. The van der Waals surface area contributed by atoms with Gasteiger partial charge >= 0.3 is 6.09 Å². The van der Waals surface area contributed by atoms with Crippen LogP contribution in [0.2, 0.25) is 5.02 Å². The van der Waals surface area contributed by atoms with Gasteiger partial charge in [0.05, 0.1) is 11.6 Å². The molecule has 0 aromatic carbocycles. The SMILES string of the molecule is CC(C)(C)NC(=O)O[C@@H]1CCN(c2ncc(C(F)F)cc2Cl)C1. The van der Waals surface area contributed by atoms with E-state index in [0.29, 0.717) is 25.3 Å². The summed E-state index contributed by atoms with van der Waals surface area (Å²) < 4.78 is 30.6. The maximum atomic E-state index is 12.6. The van der Waals surface area contributed by atoms with E-state index in [0.717, 1.165) is 6.20 Å². The number of pyridine rings is 1. The van der Waals surface area contributed by atoms with Gasteiger partial charge in [-0.05, 0) is 26.8 Å². The first-order chi connectivity index (χ1) is 10.7. The topological polar surface area (TPSA) is 54.5 Å². The third-order valence-corrected chi connectivity index (χ3v) is 3.57. The minimum Gasteiger partial charge on any atom is -0.444 e. The average Bonchev–Trinajstić information content (AvgIpc) is 2.84. The van der Waals surface area contributed by atoms with Crippen LogP contribution in [0, 0.1) is 0 Å². The summed E-state index contributed by atoms with van der Waals surface area (Å²) in [5, 5.41) is 2.90. The standard InChI is InChI=1S/C15H20ClF2N3O2/c1-15(2,3)20-14(22)23-10-4-5-21(8-10)13-11(16)6-9(7-19-13)12(17)18/h6-7,10,12H,4-5,8H2,1-3H3,(H,20,22)/t10-/m1/s1. The molecule has 8 heteroatoms. The molecule has 2 rings (SSSR count). The molecular weight excluding hydrogens is 328 g/mol. The number of anilines is 1. The first kappa shape index (κ1) is 17.7. The van der Waals surface area contributed by atoms with Crippen LogP contribution >= 0.6 is 11.6 Å². The summed E-state index contributed by atoms with van der Waals surface area (Å²) in [5.74, 6) is 0.429. The highest BCUT2D eigenvalue weighted by molar-refractivity contribution is 6.33. The second-order valence-electron chi connectivity index (χ2n) is 6.51. The molecule has 1 aromatic rings. The van der Waals surface area contributed by atoms with Gasteiger partial charge in [0.25, 0.3) is 6.43 Å². The van der Waals surface area contributed by atoms with Crippen molar-refractivity contribution in [3.8, 4) is 0 Å². The van der Waals surface area contributed by atoms with Crippen molar-refractivity contribution in [1.82, 2.24) is 10.3 Å². The maximum Gasteiger partial charge on any atom is 0.407 e. The minimum atomic E-state index is -2.61. The Balaban J connectivity index is 1.96. The van der Waals surface area contributed by atoms with Crippen molar-refractivity contribution >= 4 is 23.5 Å². The second kappa shape index (κ2) is 6.86. The van der Waals surface area contributed by atoms with E-state index in [4.69, 9.17) is 16.3 Å². The van der Waals surface area contributed by atoms with Crippen molar-refractivity contribution in [3.63, 3.8) is 0 Å². The highest BCUT2D eigenvalue weighted by atomic mass is 35.5. The number of hydrogen-bond acceptors (Lipinski definition) is 4. The summed E-state index contributed by atoms with van der Waals surface area (Å²) in [6, 6.07) is 1.22. The number of nitrogens with zero attached hydrogens (tertiary/aromatic N) is 2. The van der Waals surface area contributed by atoms with E-state index in [1.54, 1.807) is 0 Å². The fourth-order valence-corrected chi connectivity index (χ4v) is 2.60. The van der Waals surface area contributed by atoms with Crippen LogP contribution in [0.1, 0.15) is 39.2 Å². The van der Waals surface area contributed by atoms with Crippen molar-refractivity contribution in [3.05, 3.63) is 22.8 Å². The summed E-state index contributed by atoms with van der Waals surface area (Å²) >= 11 is 6.04. The van der Waals surface area contributed by atoms with Gasteiger partial charge in [-0.3, -0.25) is 0 Å². The van der Waals surface area contributed by atoms with E-state index in [9.17, 15) is 13.6 Å². The first-order valence-electron chi connectivity index (χ1n) is 7.33. The third kappa shape index (κ3) is 4.92. The lowest BCUT2D eigenvalue weighted by atomic mass is 10.1. The number of alkyl carbamates (subject to hydrolysis) is 1. The molecule has 1 N–H and O–H groups in total. The molecular formula is C15H20ClF2N3O2. The van der Waals surface area contributed by atoms with Gasteiger partial charge in [-0.2, -0.15) is 0 Å². The van der Waals surface area contributed by atoms with Crippen LogP contribution < -0.4 is 10.2 Å².